The topological polar surface area (TPSA) is 76.7 Å². The first-order valence-electron chi connectivity index (χ1n) is 5.00. The second-order valence-corrected chi connectivity index (χ2v) is 4.95. The van der Waals surface area contributed by atoms with Crippen molar-refractivity contribution < 1.29 is 0 Å². The third-order valence-corrected chi connectivity index (χ3v) is 3.20. The molecule has 2 rings (SSSR count). The van der Waals surface area contributed by atoms with E-state index in [1.165, 1.54) is 0 Å². The lowest BCUT2D eigenvalue weighted by atomic mass is 10.3. The maximum absolute atomic E-state index is 5.86. The van der Waals surface area contributed by atoms with E-state index in [0.29, 0.717) is 23.7 Å². The van der Waals surface area contributed by atoms with Crippen molar-refractivity contribution in [2.24, 2.45) is 0 Å². The van der Waals surface area contributed by atoms with Crippen LogP contribution in [0, 0.1) is 13.8 Å². The van der Waals surface area contributed by atoms with Gasteiger partial charge in [0.25, 0.3) is 0 Å². The first-order chi connectivity index (χ1) is 8.06. The number of hydrogen-bond acceptors (Lipinski definition) is 6. The molecule has 2 heterocycles. The second kappa shape index (κ2) is 4.85. The van der Waals surface area contributed by atoms with Crippen molar-refractivity contribution in [1.29, 1.82) is 0 Å². The Bertz CT molecular complexity index is 539. The maximum Gasteiger partial charge on any atom is 0.224 e. The van der Waals surface area contributed by atoms with Crippen LogP contribution >= 0.6 is 22.9 Å². The summed E-state index contributed by atoms with van der Waals surface area (Å²) in [6, 6.07) is 0. The molecular weight excluding hydrogens is 258 g/mol. The van der Waals surface area contributed by atoms with Gasteiger partial charge in [0.1, 0.15) is 0 Å². The van der Waals surface area contributed by atoms with Crippen molar-refractivity contribution in [3.8, 4) is 0 Å². The molecule has 3 N–H and O–H groups in total. The van der Waals surface area contributed by atoms with E-state index in [9.17, 15) is 0 Å². The van der Waals surface area contributed by atoms with Gasteiger partial charge in [0, 0.05) is 5.38 Å². The number of thiazole rings is 1. The summed E-state index contributed by atoms with van der Waals surface area (Å²) >= 11 is 7.39. The number of halogens is 1. The molecule has 2 aromatic rings. The van der Waals surface area contributed by atoms with Crippen molar-refractivity contribution in [2.45, 2.75) is 20.4 Å². The molecule has 5 nitrogen and oxygen atoms in total. The van der Waals surface area contributed by atoms with Gasteiger partial charge in [0.15, 0.2) is 5.82 Å². The SMILES string of the molecule is Cc1nc(CNc2nc(Cl)nc(C)c2N)cs1. The normalized spacial score (nSPS) is 10.5. The Kier molecular flexibility index (Phi) is 3.44. The van der Waals surface area contributed by atoms with Crippen LogP contribution in [-0.4, -0.2) is 15.0 Å². The lowest BCUT2D eigenvalue weighted by Crippen LogP contribution is -2.07. The molecule has 0 radical (unpaired) electrons. The maximum atomic E-state index is 5.86. The van der Waals surface area contributed by atoms with Gasteiger partial charge < -0.3 is 11.1 Å². The number of aryl methyl sites for hydroxylation is 2. The smallest absolute Gasteiger partial charge is 0.224 e. The number of hydrogen-bond donors (Lipinski definition) is 2. The van der Waals surface area contributed by atoms with Gasteiger partial charge in [0.2, 0.25) is 5.28 Å². The number of nitrogen functional groups attached to an aromatic ring is 1. The molecule has 0 saturated carbocycles. The largest absolute Gasteiger partial charge is 0.394 e. The fourth-order valence-corrected chi connectivity index (χ4v) is 2.17. The van der Waals surface area contributed by atoms with E-state index in [1.54, 1.807) is 18.3 Å². The van der Waals surface area contributed by atoms with E-state index in [0.717, 1.165) is 10.7 Å². The molecular formula is C10H12ClN5S. The Balaban J connectivity index is 2.14. The van der Waals surface area contributed by atoms with Crippen molar-refractivity contribution in [1.82, 2.24) is 15.0 Å². The van der Waals surface area contributed by atoms with Crippen molar-refractivity contribution >= 4 is 34.4 Å². The molecule has 0 saturated heterocycles. The molecule has 0 aliphatic carbocycles. The fraction of sp³-hybridized carbons (Fsp3) is 0.300. The van der Waals surface area contributed by atoms with Gasteiger partial charge in [-0.25, -0.2) is 9.97 Å². The molecule has 0 fully saturated rings. The summed E-state index contributed by atoms with van der Waals surface area (Å²) in [4.78, 5) is 12.4. The lowest BCUT2D eigenvalue weighted by molar-refractivity contribution is 1.02. The van der Waals surface area contributed by atoms with Gasteiger partial charge >= 0.3 is 0 Å². The summed E-state index contributed by atoms with van der Waals surface area (Å²) in [7, 11) is 0. The Morgan fingerprint density at radius 1 is 1.35 bits per heavy atom. The highest BCUT2D eigenvalue weighted by atomic mass is 35.5. The summed E-state index contributed by atoms with van der Waals surface area (Å²) in [6.45, 7) is 4.33. The van der Waals surface area contributed by atoms with E-state index in [1.807, 2.05) is 12.3 Å². The minimum absolute atomic E-state index is 0.189. The fourth-order valence-electron chi connectivity index (χ4n) is 1.35. The average Bonchev–Trinajstić information content (AvgIpc) is 2.67. The Hall–Kier alpha value is -1.40. The Morgan fingerprint density at radius 2 is 2.12 bits per heavy atom. The van der Waals surface area contributed by atoms with Crippen LogP contribution in [0.4, 0.5) is 11.5 Å². The lowest BCUT2D eigenvalue weighted by Gasteiger charge is -2.08. The molecule has 0 atom stereocenters. The summed E-state index contributed by atoms with van der Waals surface area (Å²) in [5.74, 6) is 0.549. The van der Waals surface area contributed by atoms with Crippen LogP contribution in [0.25, 0.3) is 0 Å². The van der Waals surface area contributed by atoms with Crippen molar-refractivity contribution in [2.75, 3.05) is 11.1 Å². The number of aromatic nitrogens is 3. The number of nitrogens with zero attached hydrogens (tertiary/aromatic N) is 3. The highest BCUT2D eigenvalue weighted by Crippen LogP contribution is 2.21. The van der Waals surface area contributed by atoms with E-state index < -0.39 is 0 Å². The summed E-state index contributed by atoms with van der Waals surface area (Å²) in [5, 5.41) is 6.32. The van der Waals surface area contributed by atoms with Gasteiger partial charge in [-0.1, -0.05) is 0 Å². The Labute approximate surface area is 108 Å². The molecule has 0 amide bonds. The highest BCUT2D eigenvalue weighted by Gasteiger charge is 2.08. The van der Waals surface area contributed by atoms with Crippen LogP contribution in [0.5, 0.6) is 0 Å². The number of rotatable bonds is 3. The molecule has 2 aromatic heterocycles. The van der Waals surface area contributed by atoms with E-state index in [4.69, 9.17) is 17.3 Å². The summed E-state index contributed by atoms with van der Waals surface area (Å²) in [5.41, 5.74) is 8.00. The van der Waals surface area contributed by atoms with Gasteiger partial charge in [-0.15, -0.1) is 11.3 Å². The monoisotopic (exact) mass is 269 g/mol. The van der Waals surface area contributed by atoms with Gasteiger partial charge in [-0.05, 0) is 25.4 Å². The molecule has 0 unspecified atom stereocenters. The molecule has 0 aromatic carbocycles. The van der Waals surface area contributed by atoms with Gasteiger partial charge in [-0.3, -0.25) is 0 Å². The van der Waals surface area contributed by atoms with E-state index in [-0.39, 0.29) is 5.28 Å². The second-order valence-electron chi connectivity index (χ2n) is 3.55. The van der Waals surface area contributed by atoms with Gasteiger partial charge in [0.05, 0.1) is 28.6 Å². The molecule has 0 bridgehead atoms. The Morgan fingerprint density at radius 3 is 2.76 bits per heavy atom. The molecule has 0 aliphatic rings. The first kappa shape index (κ1) is 12.1. The molecule has 0 spiro atoms. The first-order valence-corrected chi connectivity index (χ1v) is 6.26. The minimum atomic E-state index is 0.189. The summed E-state index contributed by atoms with van der Waals surface area (Å²) < 4.78 is 0. The minimum Gasteiger partial charge on any atom is -0.394 e. The van der Waals surface area contributed by atoms with Crippen LogP contribution in [0.2, 0.25) is 5.28 Å². The van der Waals surface area contributed by atoms with Crippen LogP contribution in [-0.2, 0) is 6.54 Å². The van der Waals surface area contributed by atoms with Crippen LogP contribution in [0.1, 0.15) is 16.4 Å². The third kappa shape index (κ3) is 2.83. The zero-order valence-electron chi connectivity index (χ0n) is 9.49. The predicted molar refractivity (Wildman–Crippen MR) is 70.4 cm³/mol. The number of nitrogens with one attached hydrogen (secondary N) is 1. The third-order valence-electron chi connectivity index (χ3n) is 2.21. The quantitative estimate of drug-likeness (QED) is 0.837. The van der Waals surface area contributed by atoms with Crippen LogP contribution in [0.15, 0.2) is 5.38 Å². The molecule has 7 heteroatoms. The highest BCUT2D eigenvalue weighted by molar-refractivity contribution is 7.09. The zero-order valence-corrected chi connectivity index (χ0v) is 11.1. The van der Waals surface area contributed by atoms with Crippen LogP contribution in [0.3, 0.4) is 0 Å². The standard InChI is InChI=1S/C10H12ClN5S/c1-5-8(12)9(16-10(11)14-5)13-3-7-4-17-6(2)15-7/h4H,3,12H2,1-2H3,(H,13,14,16). The average molecular weight is 270 g/mol. The predicted octanol–water partition coefficient (Wildman–Crippen LogP) is 2.40. The van der Waals surface area contributed by atoms with Gasteiger partial charge in [-0.2, -0.15) is 4.98 Å². The summed E-state index contributed by atoms with van der Waals surface area (Å²) in [6.07, 6.45) is 0. The zero-order chi connectivity index (χ0) is 12.4. The van der Waals surface area contributed by atoms with E-state index >= 15 is 0 Å². The van der Waals surface area contributed by atoms with Crippen LogP contribution < -0.4 is 11.1 Å². The number of anilines is 2. The number of nitrogens with two attached hydrogens (primary N) is 1. The molecule has 90 valence electrons. The van der Waals surface area contributed by atoms with Crippen molar-refractivity contribution in [3.05, 3.63) is 27.1 Å². The molecule has 0 aliphatic heterocycles. The van der Waals surface area contributed by atoms with E-state index in [2.05, 4.69) is 20.3 Å². The van der Waals surface area contributed by atoms with Crippen molar-refractivity contribution in [3.63, 3.8) is 0 Å². The molecule has 17 heavy (non-hydrogen) atoms.